The fourth-order valence-electron chi connectivity index (χ4n) is 1.65. The average Bonchev–Trinajstić information content (AvgIpc) is 2.52. The number of nitrogens with zero attached hydrogens (tertiary/aromatic N) is 3. The van der Waals surface area contributed by atoms with Crippen molar-refractivity contribution >= 4 is 18.0 Å². The lowest BCUT2D eigenvalue weighted by Gasteiger charge is -2.37. The van der Waals surface area contributed by atoms with Gasteiger partial charge in [0, 0.05) is 14.0 Å². The van der Waals surface area contributed by atoms with Gasteiger partial charge >= 0.3 is 0 Å². The van der Waals surface area contributed by atoms with Gasteiger partial charge in [0.25, 0.3) is 5.88 Å². The molecule has 1 N–H and O–H groups in total. The normalized spacial score (nSPS) is 15.3. The molecule has 0 bridgehead atoms. The Labute approximate surface area is 98.3 Å². The number of aryl methyl sites for hydroxylation is 1. The lowest BCUT2D eigenvalue weighted by molar-refractivity contribution is -0.137. The Morgan fingerprint density at radius 1 is 1.65 bits per heavy atom. The van der Waals surface area contributed by atoms with Crippen LogP contribution in [0.2, 0.25) is 0 Å². The van der Waals surface area contributed by atoms with Gasteiger partial charge in [-0.2, -0.15) is 0 Å². The predicted molar refractivity (Wildman–Crippen MR) is 59.6 cm³/mol. The largest absolute Gasteiger partial charge is 0.468 e. The highest BCUT2D eigenvalue weighted by Gasteiger charge is 2.31. The van der Waals surface area contributed by atoms with Gasteiger partial charge in [-0.1, -0.05) is 0 Å². The molecule has 7 nitrogen and oxygen atoms in total. The second kappa shape index (κ2) is 4.44. The minimum atomic E-state index is -0.0546. The summed E-state index contributed by atoms with van der Waals surface area (Å²) in [6.45, 7) is 2.65. The van der Waals surface area contributed by atoms with Crippen LogP contribution in [0.5, 0.6) is 5.88 Å². The van der Waals surface area contributed by atoms with Gasteiger partial charge in [-0.25, -0.2) is 0 Å². The number of nitrogens with one attached hydrogen (secondary N) is 1. The number of carbonyl (C=O) groups excluding carboxylic acids is 2. The Morgan fingerprint density at radius 2 is 2.35 bits per heavy atom. The van der Waals surface area contributed by atoms with Crippen molar-refractivity contribution in [2.45, 2.75) is 13.0 Å². The number of ether oxygens (including phenoxy) is 1. The number of anilines is 1. The second-order valence-electron chi connectivity index (χ2n) is 3.95. The molecule has 0 aliphatic carbocycles. The second-order valence-corrected chi connectivity index (χ2v) is 3.95. The van der Waals surface area contributed by atoms with Crippen molar-refractivity contribution < 1.29 is 14.3 Å². The van der Waals surface area contributed by atoms with Crippen LogP contribution in [0.4, 0.5) is 5.69 Å². The van der Waals surface area contributed by atoms with E-state index in [0.717, 1.165) is 0 Å². The minimum Gasteiger partial charge on any atom is -0.468 e. The lowest BCUT2D eigenvalue weighted by Crippen LogP contribution is -2.55. The van der Waals surface area contributed by atoms with Gasteiger partial charge in [0.1, 0.15) is 11.8 Å². The van der Waals surface area contributed by atoms with Crippen LogP contribution in [0.3, 0.4) is 0 Å². The van der Waals surface area contributed by atoms with E-state index in [1.807, 2.05) is 0 Å². The van der Waals surface area contributed by atoms with Crippen LogP contribution < -0.4 is 10.1 Å². The van der Waals surface area contributed by atoms with Crippen molar-refractivity contribution in [1.82, 2.24) is 14.7 Å². The first-order chi connectivity index (χ1) is 8.10. The standard InChI is InChI=1S/C10H14N4O3/c1-7(16)14-3-8(4-14)17-10-9(11-6-15)5-13(2)12-10/h5-6,8H,3-4H2,1-2H3,(H,11,15). The quantitative estimate of drug-likeness (QED) is 0.724. The van der Waals surface area contributed by atoms with Gasteiger partial charge in [-0.05, 0) is 0 Å². The molecule has 1 aromatic rings. The molecule has 1 aliphatic heterocycles. The van der Waals surface area contributed by atoms with E-state index >= 15 is 0 Å². The summed E-state index contributed by atoms with van der Waals surface area (Å²) in [6.07, 6.45) is 2.18. The van der Waals surface area contributed by atoms with Crippen LogP contribution in [-0.4, -0.2) is 46.2 Å². The summed E-state index contributed by atoms with van der Waals surface area (Å²) in [6, 6.07) is 0. The Bertz CT molecular complexity index is 437. The molecular weight excluding hydrogens is 224 g/mol. The van der Waals surface area contributed by atoms with Crippen molar-refractivity contribution in [3.05, 3.63) is 6.20 Å². The topological polar surface area (TPSA) is 76.5 Å². The highest BCUT2D eigenvalue weighted by atomic mass is 16.5. The van der Waals surface area contributed by atoms with E-state index < -0.39 is 0 Å². The summed E-state index contributed by atoms with van der Waals surface area (Å²) in [5, 5.41) is 6.61. The first kappa shape index (κ1) is 11.4. The first-order valence-corrected chi connectivity index (χ1v) is 5.26. The summed E-state index contributed by atoms with van der Waals surface area (Å²) in [5.74, 6) is 0.421. The van der Waals surface area contributed by atoms with Gasteiger partial charge < -0.3 is 15.0 Å². The molecule has 1 aromatic heterocycles. The van der Waals surface area contributed by atoms with Crippen LogP contribution in [-0.2, 0) is 16.6 Å². The SMILES string of the molecule is CC(=O)N1CC(Oc2nn(C)cc2NC=O)C1. The first-order valence-electron chi connectivity index (χ1n) is 5.26. The highest BCUT2D eigenvalue weighted by molar-refractivity contribution is 5.75. The van der Waals surface area contributed by atoms with Gasteiger partial charge in [-0.15, -0.1) is 5.10 Å². The van der Waals surface area contributed by atoms with E-state index in [2.05, 4.69) is 10.4 Å². The minimum absolute atomic E-state index is 0.0390. The number of hydrogen-bond acceptors (Lipinski definition) is 4. The van der Waals surface area contributed by atoms with E-state index in [9.17, 15) is 9.59 Å². The fourth-order valence-corrected chi connectivity index (χ4v) is 1.65. The number of hydrogen-bond donors (Lipinski definition) is 1. The Hall–Kier alpha value is -2.05. The molecule has 0 radical (unpaired) electrons. The van der Waals surface area contributed by atoms with Crippen LogP contribution in [0.1, 0.15) is 6.92 Å². The van der Waals surface area contributed by atoms with E-state index in [0.29, 0.717) is 31.1 Å². The number of rotatable bonds is 4. The molecule has 2 heterocycles. The lowest BCUT2D eigenvalue weighted by atomic mass is 10.2. The molecule has 2 rings (SSSR count). The van der Waals surface area contributed by atoms with Crippen molar-refractivity contribution in [3.63, 3.8) is 0 Å². The zero-order chi connectivity index (χ0) is 12.4. The zero-order valence-electron chi connectivity index (χ0n) is 9.71. The van der Waals surface area contributed by atoms with Gasteiger partial charge in [0.2, 0.25) is 12.3 Å². The summed E-state index contributed by atoms with van der Waals surface area (Å²) in [5.41, 5.74) is 0.531. The van der Waals surface area contributed by atoms with Crippen LogP contribution in [0, 0.1) is 0 Å². The third-order valence-electron chi connectivity index (χ3n) is 2.58. The third-order valence-corrected chi connectivity index (χ3v) is 2.58. The van der Waals surface area contributed by atoms with Crippen LogP contribution >= 0.6 is 0 Å². The summed E-state index contributed by atoms with van der Waals surface area (Å²) in [4.78, 5) is 23.1. The van der Waals surface area contributed by atoms with E-state index in [-0.39, 0.29) is 12.0 Å². The zero-order valence-corrected chi connectivity index (χ0v) is 9.71. The molecule has 7 heteroatoms. The third kappa shape index (κ3) is 2.38. The molecule has 17 heavy (non-hydrogen) atoms. The van der Waals surface area contributed by atoms with Gasteiger partial charge in [0.05, 0.1) is 19.3 Å². The van der Waals surface area contributed by atoms with Gasteiger partial charge in [0.15, 0.2) is 0 Å². The summed E-state index contributed by atoms with van der Waals surface area (Å²) < 4.78 is 7.15. The molecular formula is C10H14N4O3. The predicted octanol–water partition coefficient (Wildman–Crippen LogP) is -0.402. The molecule has 0 spiro atoms. The summed E-state index contributed by atoms with van der Waals surface area (Å²) >= 11 is 0. The highest BCUT2D eigenvalue weighted by Crippen LogP contribution is 2.24. The van der Waals surface area contributed by atoms with E-state index in [4.69, 9.17) is 4.74 Å². The van der Waals surface area contributed by atoms with Crippen LogP contribution in [0.25, 0.3) is 0 Å². The molecule has 92 valence electrons. The maximum absolute atomic E-state index is 11.0. The van der Waals surface area contributed by atoms with Crippen LogP contribution in [0.15, 0.2) is 6.20 Å². The summed E-state index contributed by atoms with van der Waals surface area (Å²) in [7, 11) is 1.74. The number of likely N-dealkylation sites (tertiary alicyclic amines) is 1. The maximum atomic E-state index is 11.0. The molecule has 0 unspecified atom stereocenters. The molecule has 2 amide bonds. The van der Waals surface area contributed by atoms with Crippen molar-refractivity contribution in [1.29, 1.82) is 0 Å². The van der Waals surface area contributed by atoms with E-state index in [1.54, 1.807) is 22.8 Å². The Morgan fingerprint density at radius 3 is 2.94 bits per heavy atom. The fraction of sp³-hybridized carbons (Fsp3) is 0.500. The number of aromatic nitrogens is 2. The molecule has 0 saturated carbocycles. The Balaban J connectivity index is 1.95. The van der Waals surface area contributed by atoms with Crippen molar-refractivity contribution in [3.8, 4) is 5.88 Å². The number of carbonyl (C=O) groups is 2. The Kier molecular flexibility index (Phi) is 2.99. The molecule has 1 aliphatic rings. The van der Waals surface area contributed by atoms with Crippen molar-refractivity contribution in [2.24, 2.45) is 7.05 Å². The van der Waals surface area contributed by atoms with E-state index in [1.165, 1.54) is 6.92 Å². The smallest absolute Gasteiger partial charge is 0.257 e. The number of amides is 2. The maximum Gasteiger partial charge on any atom is 0.257 e. The van der Waals surface area contributed by atoms with Gasteiger partial charge in [-0.3, -0.25) is 14.3 Å². The monoisotopic (exact) mass is 238 g/mol. The molecule has 1 saturated heterocycles. The molecule has 0 atom stereocenters. The van der Waals surface area contributed by atoms with Crippen molar-refractivity contribution in [2.75, 3.05) is 18.4 Å². The average molecular weight is 238 g/mol. The molecule has 0 aromatic carbocycles. The molecule has 1 fully saturated rings.